The number of rotatable bonds is 4. The Morgan fingerprint density at radius 1 is 1.14 bits per heavy atom. The summed E-state index contributed by atoms with van der Waals surface area (Å²) in [5.41, 5.74) is 1.66. The zero-order valence-corrected chi connectivity index (χ0v) is 15.1. The predicted molar refractivity (Wildman–Crippen MR) is 98.6 cm³/mol. The number of piperazine rings is 1. The molecule has 1 N–H and O–H groups in total. The van der Waals surface area contributed by atoms with E-state index in [-0.39, 0.29) is 29.3 Å². The molecule has 144 valence electrons. The fraction of sp³-hybridized carbons (Fsp3) is 0.250. The molecule has 8 heteroatoms. The molecule has 2 heterocycles. The summed E-state index contributed by atoms with van der Waals surface area (Å²) in [6.45, 7) is 1.98. The number of nitrogens with zero attached hydrogens (tertiary/aromatic N) is 4. The van der Waals surface area contributed by atoms with E-state index >= 15 is 0 Å². The van der Waals surface area contributed by atoms with E-state index in [1.807, 2.05) is 6.07 Å². The third kappa shape index (κ3) is 3.91. The van der Waals surface area contributed by atoms with Crippen molar-refractivity contribution in [1.82, 2.24) is 25.2 Å². The number of aromatic nitrogens is 3. The minimum absolute atomic E-state index is 0.208. The van der Waals surface area contributed by atoms with Crippen LogP contribution in [0.25, 0.3) is 0 Å². The Kier molecular flexibility index (Phi) is 5.12. The minimum Gasteiger partial charge on any atom is -0.328 e. The molecule has 0 radical (unpaired) electrons. The van der Waals surface area contributed by atoms with Crippen LogP contribution in [0.2, 0.25) is 0 Å². The number of carbonyl (C=O) groups excluding carboxylic acids is 1. The molecule has 1 amide bonds. The van der Waals surface area contributed by atoms with Gasteiger partial charge in [-0.05, 0) is 35.4 Å². The monoisotopic (exact) mass is 383 g/mol. The maximum atomic E-state index is 13.6. The summed E-state index contributed by atoms with van der Waals surface area (Å²) in [5.74, 6) is -0.926. The molecule has 3 aromatic rings. The third-order valence-corrected chi connectivity index (χ3v) is 4.73. The van der Waals surface area contributed by atoms with Crippen molar-refractivity contribution in [3.8, 4) is 0 Å². The molecule has 1 unspecified atom stereocenters. The topological polar surface area (TPSA) is 63.1 Å². The molecule has 6 nitrogen and oxygen atoms in total. The molecule has 1 saturated heterocycles. The lowest BCUT2D eigenvalue weighted by Gasteiger charge is -2.36. The van der Waals surface area contributed by atoms with E-state index in [0.29, 0.717) is 26.2 Å². The number of nitrogens with one attached hydrogen (secondary N) is 1. The Balaban J connectivity index is 1.53. The summed E-state index contributed by atoms with van der Waals surface area (Å²) in [6, 6.07) is 12.2. The first-order chi connectivity index (χ1) is 13.6. The number of hydrogen-bond acceptors (Lipinski definition) is 4. The van der Waals surface area contributed by atoms with Crippen molar-refractivity contribution in [2.45, 2.75) is 12.6 Å². The molecule has 0 saturated carbocycles. The average molecular weight is 383 g/mol. The van der Waals surface area contributed by atoms with Gasteiger partial charge >= 0.3 is 0 Å². The summed E-state index contributed by atoms with van der Waals surface area (Å²) in [6.07, 6.45) is 1.55. The minimum atomic E-state index is -0.337. The Morgan fingerprint density at radius 3 is 2.71 bits per heavy atom. The van der Waals surface area contributed by atoms with Gasteiger partial charge in [0.25, 0.3) is 5.91 Å². The summed E-state index contributed by atoms with van der Waals surface area (Å²) >= 11 is 0. The highest BCUT2D eigenvalue weighted by Crippen LogP contribution is 2.24. The summed E-state index contributed by atoms with van der Waals surface area (Å²) in [5, 5.41) is 11.2. The van der Waals surface area contributed by atoms with Gasteiger partial charge in [-0.25, -0.2) is 13.5 Å². The molecule has 1 aliphatic rings. The van der Waals surface area contributed by atoms with Gasteiger partial charge in [0.2, 0.25) is 0 Å². The molecule has 1 aromatic heterocycles. The van der Waals surface area contributed by atoms with Crippen molar-refractivity contribution < 1.29 is 13.6 Å². The zero-order chi connectivity index (χ0) is 19.5. The van der Waals surface area contributed by atoms with Gasteiger partial charge in [-0.3, -0.25) is 4.79 Å². The summed E-state index contributed by atoms with van der Waals surface area (Å²) in [4.78, 5) is 14.7. The third-order valence-electron chi connectivity index (χ3n) is 4.73. The molecule has 0 bridgehead atoms. The van der Waals surface area contributed by atoms with Crippen molar-refractivity contribution >= 4 is 5.91 Å². The van der Waals surface area contributed by atoms with Crippen LogP contribution in [0.15, 0.2) is 54.7 Å². The fourth-order valence-electron chi connectivity index (χ4n) is 3.40. The van der Waals surface area contributed by atoms with Crippen LogP contribution >= 0.6 is 0 Å². The SMILES string of the molecule is O=C(c1cn(Cc2cccc(F)c2)nn1)N1CCNCC1c1cccc(F)c1. The molecule has 1 aliphatic heterocycles. The summed E-state index contributed by atoms with van der Waals surface area (Å²) in [7, 11) is 0. The number of benzene rings is 2. The molecule has 1 atom stereocenters. The van der Waals surface area contributed by atoms with Crippen LogP contribution in [0.3, 0.4) is 0 Å². The van der Waals surface area contributed by atoms with E-state index in [4.69, 9.17) is 0 Å². The van der Waals surface area contributed by atoms with Gasteiger partial charge < -0.3 is 10.2 Å². The van der Waals surface area contributed by atoms with Crippen LogP contribution < -0.4 is 5.32 Å². The Morgan fingerprint density at radius 2 is 1.93 bits per heavy atom. The second-order valence-corrected chi connectivity index (χ2v) is 6.70. The van der Waals surface area contributed by atoms with Crippen LogP contribution in [0.5, 0.6) is 0 Å². The predicted octanol–water partition coefficient (Wildman–Crippen LogP) is 2.39. The van der Waals surface area contributed by atoms with Gasteiger partial charge in [0.05, 0.1) is 18.8 Å². The molecular weight excluding hydrogens is 364 g/mol. The highest BCUT2D eigenvalue weighted by atomic mass is 19.1. The van der Waals surface area contributed by atoms with Crippen molar-refractivity contribution in [3.05, 3.63) is 83.2 Å². The van der Waals surface area contributed by atoms with Crippen LogP contribution in [0, 0.1) is 11.6 Å². The molecule has 28 heavy (non-hydrogen) atoms. The van der Waals surface area contributed by atoms with E-state index in [9.17, 15) is 13.6 Å². The van der Waals surface area contributed by atoms with E-state index in [1.165, 1.54) is 28.9 Å². The first kappa shape index (κ1) is 18.2. The smallest absolute Gasteiger partial charge is 0.276 e. The van der Waals surface area contributed by atoms with Crippen LogP contribution in [0.4, 0.5) is 8.78 Å². The molecule has 0 spiro atoms. The van der Waals surface area contributed by atoms with Crippen LogP contribution in [-0.4, -0.2) is 45.4 Å². The first-order valence-electron chi connectivity index (χ1n) is 9.02. The molecule has 4 rings (SSSR count). The van der Waals surface area contributed by atoms with Crippen molar-refractivity contribution in [2.24, 2.45) is 0 Å². The van der Waals surface area contributed by atoms with Crippen molar-refractivity contribution in [3.63, 3.8) is 0 Å². The number of amides is 1. The standard InChI is InChI=1S/C20H19F2N5O/c21-16-5-1-3-14(9-16)12-26-13-18(24-25-26)20(28)27-8-7-23-11-19(27)15-4-2-6-17(22)10-15/h1-6,9-10,13,19,23H,7-8,11-12H2. The van der Waals surface area contributed by atoms with Gasteiger partial charge in [-0.1, -0.05) is 29.5 Å². The lowest BCUT2D eigenvalue weighted by molar-refractivity contribution is 0.0627. The van der Waals surface area contributed by atoms with Gasteiger partial charge in [0.1, 0.15) is 11.6 Å². The highest BCUT2D eigenvalue weighted by molar-refractivity contribution is 5.92. The number of hydrogen-bond donors (Lipinski definition) is 1. The Labute approximate surface area is 160 Å². The number of halogens is 2. The normalized spacial score (nSPS) is 16.9. The maximum Gasteiger partial charge on any atom is 0.276 e. The zero-order valence-electron chi connectivity index (χ0n) is 15.1. The van der Waals surface area contributed by atoms with Crippen LogP contribution in [0.1, 0.15) is 27.7 Å². The van der Waals surface area contributed by atoms with E-state index in [2.05, 4.69) is 15.6 Å². The van der Waals surface area contributed by atoms with Crippen LogP contribution in [-0.2, 0) is 6.54 Å². The fourth-order valence-corrected chi connectivity index (χ4v) is 3.40. The second kappa shape index (κ2) is 7.85. The second-order valence-electron chi connectivity index (χ2n) is 6.70. The molecule has 1 fully saturated rings. The highest BCUT2D eigenvalue weighted by Gasteiger charge is 2.30. The first-order valence-corrected chi connectivity index (χ1v) is 9.02. The van der Waals surface area contributed by atoms with Gasteiger partial charge in [0, 0.05) is 19.6 Å². The lowest BCUT2D eigenvalue weighted by Crippen LogP contribution is -2.48. The average Bonchev–Trinajstić information content (AvgIpc) is 3.16. The number of carbonyl (C=O) groups is 1. The van der Waals surface area contributed by atoms with Gasteiger partial charge in [-0.2, -0.15) is 0 Å². The molecule has 2 aromatic carbocycles. The molecule has 0 aliphatic carbocycles. The van der Waals surface area contributed by atoms with Crippen molar-refractivity contribution in [1.29, 1.82) is 0 Å². The maximum absolute atomic E-state index is 13.6. The van der Waals surface area contributed by atoms with E-state index in [0.717, 1.165) is 11.1 Å². The van der Waals surface area contributed by atoms with E-state index < -0.39 is 0 Å². The molecular formula is C20H19F2N5O. The lowest BCUT2D eigenvalue weighted by atomic mass is 10.0. The summed E-state index contributed by atoms with van der Waals surface area (Å²) < 4.78 is 28.5. The largest absolute Gasteiger partial charge is 0.328 e. The van der Waals surface area contributed by atoms with Crippen molar-refractivity contribution in [2.75, 3.05) is 19.6 Å². The quantitative estimate of drug-likeness (QED) is 0.752. The van der Waals surface area contributed by atoms with Gasteiger partial charge in [0.15, 0.2) is 5.69 Å². The van der Waals surface area contributed by atoms with Gasteiger partial charge in [-0.15, -0.1) is 5.10 Å². The van der Waals surface area contributed by atoms with E-state index in [1.54, 1.807) is 29.3 Å². The Hall–Kier alpha value is -3.13. The Bertz CT molecular complexity index is 990.